The molecular formula is C30H28N6O2. The lowest BCUT2D eigenvalue weighted by atomic mass is 9.87. The van der Waals surface area contributed by atoms with Crippen LogP contribution in [-0.4, -0.2) is 31.0 Å². The quantitative estimate of drug-likeness (QED) is 0.351. The molecule has 7 rings (SSSR count). The number of carbonyl (C=O) groups is 2. The van der Waals surface area contributed by atoms with E-state index in [0.717, 1.165) is 54.3 Å². The molecule has 1 saturated carbocycles. The molecule has 1 fully saturated rings. The van der Waals surface area contributed by atoms with E-state index in [1.54, 1.807) is 10.7 Å². The van der Waals surface area contributed by atoms with E-state index in [4.69, 9.17) is 5.10 Å². The van der Waals surface area contributed by atoms with Crippen LogP contribution in [0.3, 0.4) is 0 Å². The van der Waals surface area contributed by atoms with Gasteiger partial charge in [-0.15, -0.1) is 0 Å². The van der Waals surface area contributed by atoms with Crippen LogP contribution in [0.25, 0.3) is 27.8 Å². The standard InChI is InChI=1S/C30H28N6O2/c1-35-16-23(30(38)31-25-8-4-6-18-5-2-3-7-21(18)25)22-15-20(11-13-26(22)35)24-12-14-28-32-27(17-36(28)34-24)33-29(37)19-9-10-19/h2-3,5,7,11-17,19,25H,4,6,8-10H2,1H3,(H,31,38)(H,33,37). The first-order valence-electron chi connectivity index (χ1n) is 13.2. The summed E-state index contributed by atoms with van der Waals surface area (Å²) < 4.78 is 3.67. The van der Waals surface area contributed by atoms with Crippen molar-refractivity contribution in [3.63, 3.8) is 0 Å². The van der Waals surface area contributed by atoms with Crippen molar-refractivity contribution in [2.24, 2.45) is 13.0 Å². The third-order valence-electron chi connectivity index (χ3n) is 7.72. The third-order valence-corrected chi connectivity index (χ3v) is 7.72. The monoisotopic (exact) mass is 504 g/mol. The van der Waals surface area contributed by atoms with E-state index >= 15 is 0 Å². The molecule has 2 aromatic carbocycles. The highest BCUT2D eigenvalue weighted by molar-refractivity contribution is 6.08. The minimum Gasteiger partial charge on any atom is -0.350 e. The van der Waals surface area contributed by atoms with Crippen molar-refractivity contribution in [2.45, 2.75) is 38.1 Å². The number of aromatic nitrogens is 4. The lowest BCUT2D eigenvalue weighted by Gasteiger charge is -2.26. The van der Waals surface area contributed by atoms with Crippen LogP contribution in [-0.2, 0) is 18.3 Å². The predicted octanol–water partition coefficient (Wildman–Crippen LogP) is 5.04. The van der Waals surface area contributed by atoms with Crippen LogP contribution in [0.5, 0.6) is 0 Å². The van der Waals surface area contributed by atoms with Crippen molar-refractivity contribution in [2.75, 3.05) is 5.32 Å². The summed E-state index contributed by atoms with van der Waals surface area (Å²) in [5.41, 5.74) is 6.50. The summed E-state index contributed by atoms with van der Waals surface area (Å²) in [6.45, 7) is 0. The Bertz CT molecular complexity index is 1730. The average molecular weight is 505 g/mol. The zero-order valence-corrected chi connectivity index (χ0v) is 21.1. The molecule has 2 aliphatic rings. The van der Waals surface area contributed by atoms with Crippen LogP contribution < -0.4 is 10.6 Å². The normalized spacial score (nSPS) is 16.9. The maximum atomic E-state index is 13.5. The lowest BCUT2D eigenvalue weighted by molar-refractivity contribution is -0.117. The maximum Gasteiger partial charge on any atom is 0.253 e. The van der Waals surface area contributed by atoms with Gasteiger partial charge in [0.1, 0.15) is 0 Å². The first-order valence-corrected chi connectivity index (χ1v) is 13.2. The number of carbonyl (C=O) groups excluding carboxylic acids is 2. The van der Waals surface area contributed by atoms with Crippen LogP contribution >= 0.6 is 0 Å². The number of hydrogen-bond donors (Lipinski definition) is 2. The summed E-state index contributed by atoms with van der Waals surface area (Å²) in [5.74, 6) is 0.572. The first-order chi connectivity index (χ1) is 18.5. The van der Waals surface area contributed by atoms with Crippen LogP contribution in [0.15, 0.2) is 67.0 Å². The molecule has 2 amide bonds. The molecule has 190 valence electrons. The largest absolute Gasteiger partial charge is 0.350 e. The molecule has 0 aliphatic heterocycles. The van der Waals surface area contributed by atoms with Crippen molar-refractivity contribution >= 4 is 34.2 Å². The number of nitrogens with one attached hydrogen (secondary N) is 2. The average Bonchev–Trinajstić information content (AvgIpc) is 3.63. The fourth-order valence-corrected chi connectivity index (χ4v) is 5.54. The third kappa shape index (κ3) is 4.02. The Morgan fingerprint density at radius 3 is 2.74 bits per heavy atom. The second kappa shape index (κ2) is 8.83. The minimum atomic E-state index is -0.0662. The highest BCUT2D eigenvalue weighted by Crippen LogP contribution is 2.32. The van der Waals surface area contributed by atoms with Gasteiger partial charge in [0.25, 0.3) is 5.91 Å². The SMILES string of the molecule is Cn1cc(C(=O)NC2CCCc3ccccc32)c2cc(-c3ccc4nc(NC(=O)C5CC5)cn4n3)ccc21. The highest BCUT2D eigenvalue weighted by atomic mass is 16.2. The number of hydrogen-bond acceptors (Lipinski definition) is 4. The Kier molecular flexibility index (Phi) is 5.28. The molecule has 38 heavy (non-hydrogen) atoms. The summed E-state index contributed by atoms with van der Waals surface area (Å²) in [6, 6.07) is 18.3. The molecule has 2 N–H and O–H groups in total. The van der Waals surface area contributed by atoms with Gasteiger partial charge >= 0.3 is 0 Å². The number of benzene rings is 2. The van der Waals surface area contributed by atoms with E-state index in [-0.39, 0.29) is 23.8 Å². The van der Waals surface area contributed by atoms with E-state index in [1.165, 1.54) is 11.1 Å². The Labute approximate surface area is 219 Å². The lowest BCUT2D eigenvalue weighted by Crippen LogP contribution is -2.30. The topological polar surface area (TPSA) is 93.3 Å². The number of nitrogens with zero attached hydrogens (tertiary/aromatic N) is 4. The molecule has 3 aromatic heterocycles. The van der Waals surface area contributed by atoms with Crippen LogP contribution in [0, 0.1) is 5.92 Å². The van der Waals surface area contributed by atoms with Crippen molar-refractivity contribution in [1.82, 2.24) is 24.5 Å². The number of imidazole rings is 1. The Morgan fingerprint density at radius 1 is 1.00 bits per heavy atom. The maximum absolute atomic E-state index is 13.5. The fourth-order valence-electron chi connectivity index (χ4n) is 5.54. The molecule has 2 aliphatic carbocycles. The van der Waals surface area contributed by atoms with Gasteiger partial charge in [-0.2, -0.15) is 5.10 Å². The minimum absolute atomic E-state index is 0.0191. The summed E-state index contributed by atoms with van der Waals surface area (Å²) in [4.78, 5) is 30.1. The van der Waals surface area contributed by atoms with Crippen LogP contribution in [0.2, 0.25) is 0 Å². The number of aryl methyl sites for hydroxylation is 2. The van der Waals surface area contributed by atoms with E-state index < -0.39 is 0 Å². The Hall–Kier alpha value is -4.46. The van der Waals surface area contributed by atoms with E-state index in [2.05, 4.69) is 33.8 Å². The van der Waals surface area contributed by atoms with Crippen molar-refractivity contribution in [1.29, 1.82) is 0 Å². The van der Waals surface area contributed by atoms with E-state index in [0.29, 0.717) is 17.0 Å². The van der Waals surface area contributed by atoms with Gasteiger partial charge in [-0.1, -0.05) is 30.3 Å². The second-order valence-electron chi connectivity index (χ2n) is 10.4. The second-order valence-corrected chi connectivity index (χ2v) is 10.4. The van der Waals surface area contributed by atoms with Gasteiger partial charge in [0.2, 0.25) is 5.91 Å². The molecule has 0 spiro atoms. The summed E-state index contributed by atoms with van der Waals surface area (Å²) >= 11 is 0. The summed E-state index contributed by atoms with van der Waals surface area (Å²) in [5, 5.41) is 11.8. The molecule has 1 atom stereocenters. The van der Waals surface area contributed by atoms with E-state index in [9.17, 15) is 9.59 Å². The molecule has 8 nitrogen and oxygen atoms in total. The van der Waals surface area contributed by atoms with Gasteiger partial charge in [0, 0.05) is 35.6 Å². The molecule has 0 radical (unpaired) electrons. The van der Waals surface area contributed by atoms with Gasteiger partial charge in [-0.25, -0.2) is 9.50 Å². The number of fused-ring (bicyclic) bond motifs is 3. The van der Waals surface area contributed by atoms with Gasteiger partial charge in [-0.05, 0) is 67.5 Å². The fraction of sp³-hybridized carbons (Fsp3) is 0.267. The molecule has 0 saturated heterocycles. The van der Waals surface area contributed by atoms with Crippen molar-refractivity contribution in [3.05, 3.63) is 83.7 Å². The van der Waals surface area contributed by atoms with Crippen molar-refractivity contribution < 1.29 is 9.59 Å². The van der Waals surface area contributed by atoms with Gasteiger partial charge in [0.15, 0.2) is 11.5 Å². The molecule has 5 aromatic rings. The number of anilines is 1. The zero-order chi connectivity index (χ0) is 25.8. The predicted molar refractivity (Wildman–Crippen MR) is 146 cm³/mol. The van der Waals surface area contributed by atoms with Crippen LogP contribution in [0.4, 0.5) is 5.82 Å². The molecular weight excluding hydrogens is 476 g/mol. The summed E-state index contributed by atoms with van der Waals surface area (Å²) in [7, 11) is 1.96. The highest BCUT2D eigenvalue weighted by Gasteiger charge is 2.30. The van der Waals surface area contributed by atoms with Gasteiger partial charge < -0.3 is 15.2 Å². The van der Waals surface area contributed by atoms with Gasteiger partial charge in [0.05, 0.1) is 23.5 Å². The van der Waals surface area contributed by atoms with E-state index in [1.807, 2.05) is 54.2 Å². The Balaban J connectivity index is 1.19. The first kappa shape index (κ1) is 22.7. The number of amides is 2. The Morgan fingerprint density at radius 2 is 1.87 bits per heavy atom. The smallest absolute Gasteiger partial charge is 0.253 e. The molecule has 0 bridgehead atoms. The molecule has 8 heteroatoms. The zero-order valence-electron chi connectivity index (χ0n) is 21.1. The van der Waals surface area contributed by atoms with Crippen LogP contribution in [0.1, 0.15) is 53.2 Å². The van der Waals surface area contributed by atoms with Gasteiger partial charge in [-0.3, -0.25) is 9.59 Å². The molecule has 3 heterocycles. The summed E-state index contributed by atoms with van der Waals surface area (Å²) in [6.07, 6.45) is 8.59. The number of rotatable bonds is 5. The molecule has 1 unspecified atom stereocenters. The van der Waals surface area contributed by atoms with Crippen molar-refractivity contribution in [3.8, 4) is 11.3 Å².